The maximum Gasteiger partial charge on any atom is 0.270 e. The summed E-state index contributed by atoms with van der Waals surface area (Å²) in [6.07, 6.45) is 4.44. The molecule has 1 aliphatic heterocycles. The van der Waals surface area contributed by atoms with Crippen LogP contribution in [-0.2, 0) is 11.3 Å². The predicted molar refractivity (Wildman–Crippen MR) is 146 cm³/mol. The number of nitro groups is 1. The summed E-state index contributed by atoms with van der Waals surface area (Å²) in [6.45, 7) is 4.03. The summed E-state index contributed by atoms with van der Waals surface area (Å²) < 4.78 is 16.4. The van der Waals surface area contributed by atoms with Crippen molar-refractivity contribution in [3.63, 3.8) is 0 Å². The molecule has 1 fully saturated rings. The van der Waals surface area contributed by atoms with Gasteiger partial charge in [0.2, 0.25) is 5.91 Å². The maximum absolute atomic E-state index is 14.3. The number of non-ortho nitro benzene ring substituents is 1. The highest BCUT2D eigenvalue weighted by atomic mass is 19.1. The Hall–Kier alpha value is -4.04. The van der Waals surface area contributed by atoms with Crippen molar-refractivity contribution >= 4 is 22.5 Å². The highest BCUT2D eigenvalue weighted by molar-refractivity contribution is 5.88. The molecule has 2 heterocycles. The number of benzene rings is 3. The zero-order chi connectivity index (χ0) is 26.5. The van der Waals surface area contributed by atoms with Crippen LogP contribution in [0.15, 0.2) is 79.0 Å². The lowest BCUT2D eigenvalue weighted by Crippen LogP contribution is -2.34. The molecule has 1 unspecified atom stereocenters. The Bertz CT molecular complexity index is 1430. The number of halogens is 1. The minimum Gasteiger partial charge on any atom is -0.355 e. The van der Waals surface area contributed by atoms with Gasteiger partial charge in [0.15, 0.2) is 0 Å². The molecule has 7 nitrogen and oxygen atoms in total. The number of nitrogens with zero attached hydrogens (tertiary/aromatic N) is 3. The fourth-order valence-electron chi connectivity index (χ4n) is 5.36. The number of nitrogens with one attached hydrogen (secondary N) is 1. The molecule has 0 saturated carbocycles. The molecule has 0 bridgehead atoms. The molecule has 0 aliphatic carbocycles. The van der Waals surface area contributed by atoms with Gasteiger partial charge in [-0.2, -0.15) is 0 Å². The molecule has 8 heteroatoms. The Morgan fingerprint density at radius 2 is 1.82 bits per heavy atom. The van der Waals surface area contributed by atoms with Crippen molar-refractivity contribution in [2.24, 2.45) is 0 Å². The van der Waals surface area contributed by atoms with Gasteiger partial charge in [-0.05, 0) is 60.8 Å². The quantitative estimate of drug-likeness (QED) is 0.225. The van der Waals surface area contributed by atoms with E-state index in [1.54, 1.807) is 18.2 Å². The van der Waals surface area contributed by atoms with E-state index in [0.29, 0.717) is 24.0 Å². The predicted octanol–water partition coefficient (Wildman–Crippen LogP) is 5.47. The van der Waals surface area contributed by atoms with Crippen molar-refractivity contribution in [2.75, 3.05) is 26.2 Å². The first-order valence-electron chi connectivity index (χ1n) is 13.0. The minimum absolute atomic E-state index is 0.0238. The van der Waals surface area contributed by atoms with Crippen LogP contribution in [0.4, 0.5) is 10.1 Å². The van der Waals surface area contributed by atoms with Gasteiger partial charge in [0.05, 0.1) is 4.92 Å². The van der Waals surface area contributed by atoms with Crippen LogP contribution in [0.3, 0.4) is 0 Å². The summed E-state index contributed by atoms with van der Waals surface area (Å²) in [4.78, 5) is 26.7. The zero-order valence-electron chi connectivity index (χ0n) is 21.2. The number of carbonyl (C=O) groups excluding carboxylic acids is 1. The van der Waals surface area contributed by atoms with E-state index in [1.807, 2.05) is 47.2 Å². The van der Waals surface area contributed by atoms with E-state index in [4.69, 9.17) is 0 Å². The highest BCUT2D eigenvalue weighted by Gasteiger charge is 2.25. The standard InChI is InChI=1S/C30H31FN4O3/c31-24-10-6-9-23(17-24)26(19-30(36)32-13-16-33-14-4-5-15-33)28-21-34(20-22-7-2-1-3-8-22)29-12-11-25(35(37)38)18-27(28)29/h1-3,6-12,17-18,21,26H,4-5,13-16,19-20H2,(H,32,36). The average molecular weight is 515 g/mol. The molecule has 196 valence electrons. The van der Waals surface area contributed by atoms with Crippen LogP contribution >= 0.6 is 0 Å². The minimum atomic E-state index is -0.473. The molecule has 1 atom stereocenters. The van der Waals surface area contributed by atoms with Gasteiger partial charge in [-0.3, -0.25) is 14.9 Å². The Morgan fingerprint density at radius 3 is 2.55 bits per heavy atom. The fraction of sp³-hybridized carbons (Fsp3) is 0.300. The number of hydrogen-bond donors (Lipinski definition) is 1. The molecule has 1 N–H and O–H groups in total. The van der Waals surface area contributed by atoms with Gasteiger partial charge in [-0.15, -0.1) is 0 Å². The summed E-state index contributed by atoms with van der Waals surface area (Å²) >= 11 is 0. The van der Waals surface area contributed by atoms with Gasteiger partial charge in [0.25, 0.3) is 5.69 Å². The largest absolute Gasteiger partial charge is 0.355 e. The third-order valence-electron chi connectivity index (χ3n) is 7.27. The monoisotopic (exact) mass is 514 g/mol. The summed E-state index contributed by atoms with van der Waals surface area (Å²) in [5, 5.41) is 15.3. The number of likely N-dealkylation sites (tertiary alicyclic amines) is 1. The first-order valence-corrected chi connectivity index (χ1v) is 13.0. The SMILES string of the molecule is O=C(CC(c1cccc(F)c1)c1cn(Cc2ccccc2)c2ccc([N+](=O)[O-])cc12)NCCN1CCCC1. The van der Waals surface area contributed by atoms with Gasteiger partial charge in [0, 0.05) is 61.2 Å². The molecule has 1 amide bonds. The van der Waals surface area contributed by atoms with Gasteiger partial charge in [-0.25, -0.2) is 4.39 Å². The second-order valence-electron chi connectivity index (χ2n) is 9.87. The van der Waals surface area contributed by atoms with Crippen molar-refractivity contribution in [2.45, 2.75) is 31.7 Å². The molecule has 1 aliphatic rings. The summed E-state index contributed by atoms with van der Waals surface area (Å²) in [6, 6.07) is 21.0. The Balaban J connectivity index is 1.51. The summed E-state index contributed by atoms with van der Waals surface area (Å²) in [7, 11) is 0. The molecule has 0 radical (unpaired) electrons. The summed E-state index contributed by atoms with van der Waals surface area (Å²) in [5.74, 6) is -0.993. The normalized spacial score (nSPS) is 14.6. The molecule has 5 rings (SSSR count). The maximum atomic E-state index is 14.3. The van der Waals surface area contributed by atoms with E-state index in [0.717, 1.165) is 36.3 Å². The second-order valence-corrected chi connectivity index (χ2v) is 9.87. The van der Waals surface area contributed by atoms with Crippen molar-refractivity contribution < 1.29 is 14.1 Å². The number of fused-ring (bicyclic) bond motifs is 1. The zero-order valence-corrected chi connectivity index (χ0v) is 21.2. The number of nitro benzene ring substituents is 1. The molecule has 0 spiro atoms. The van der Waals surface area contributed by atoms with Crippen LogP contribution < -0.4 is 5.32 Å². The Labute approximate surface area is 221 Å². The number of carbonyl (C=O) groups is 1. The lowest BCUT2D eigenvalue weighted by atomic mass is 9.88. The molecule has 38 heavy (non-hydrogen) atoms. The highest BCUT2D eigenvalue weighted by Crippen LogP contribution is 2.37. The van der Waals surface area contributed by atoms with Gasteiger partial charge in [-0.1, -0.05) is 42.5 Å². The van der Waals surface area contributed by atoms with Gasteiger partial charge >= 0.3 is 0 Å². The van der Waals surface area contributed by atoms with Crippen LogP contribution in [0.1, 0.15) is 41.9 Å². The molecular formula is C30H31FN4O3. The smallest absolute Gasteiger partial charge is 0.270 e. The van der Waals surface area contributed by atoms with Crippen molar-refractivity contribution in [1.29, 1.82) is 0 Å². The van der Waals surface area contributed by atoms with E-state index in [2.05, 4.69) is 10.2 Å². The number of hydrogen-bond acceptors (Lipinski definition) is 4. The van der Waals surface area contributed by atoms with E-state index in [-0.39, 0.29) is 23.8 Å². The van der Waals surface area contributed by atoms with Crippen LogP contribution in [0.2, 0.25) is 0 Å². The van der Waals surface area contributed by atoms with Crippen LogP contribution in [0.25, 0.3) is 10.9 Å². The second kappa shape index (κ2) is 11.6. The third-order valence-corrected chi connectivity index (χ3v) is 7.27. The third kappa shape index (κ3) is 5.92. The van der Waals surface area contributed by atoms with Gasteiger partial charge in [0.1, 0.15) is 5.82 Å². The lowest BCUT2D eigenvalue weighted by molar-refractivity contribution is -0.384. The topological polar surface area (TPSA) is 80.4 Å². The molecular weight excluding hydrogens is 483 g/mol. The molecule has 1 aromatic heterocycles. The van der Waals surface area contributed by atoms with E-state index >= 15 is 0 Å². The number of amides is 1. The van der Waals surface area contributed by atoms with E-state index in [9.17, 15) is 19.3 Å². The Kier molecular flexibility index (Phi) is 7.79. The lowest BCUT2D eigenvalue weighted by Gasteiger charge is -2.19. The Morgan fingerprint density at radius 1 is 1.03 bits per heavy atom. The molecule has 4 aromatic rings. The first-order chi connectivity index (χ1) is 18.5. The molecule has 3 aromatic carbocycles. The van der Waals surface area contributed by atoms with Crippen molar-refractivity contribution in [1.82, 2.24) is 14.8 Å². The van der Waals surface area contributed by atoms with Crippen LogP contribution in [0.5, 0.6) is 0 Å². The summed E-state index contributed by atoms with van der Waals surface area (Å²) in [5.41, 5.74) is 3.30. The van der Waals surface area contributed by atoms with E-state index in [1.165, 1.54) is 31.0 Å². The van der Waals surface area contributed by atoms with Crippen LogP contribution in [-0.4, -0.2) is 46.5 Å². The average Bonchev–Trinajstić information content (AvgIpc) is 3.56. The van der Waals surface area contributed by atoms with Crippen molar-refractivity contribution in [3.8, 4) is 0 Å². The first kappa shape index (κ1) is 25.6. The fourth-order valence-corrected chi connectivity index (χ4v) is 5.36. The molecule has 1 saturated heterocycles. The van der Waals surface area contributed by atoms with Crippen LogP contribution in [0, 0.1) is 15.9 Å². The van der Waals surface area contributed by atoms with E-state index < -0.39 is 10.8 Å². The number of rotatable bonds is 10. The number of aromatic nitrogens is 1. The van der Waals surface area contributed by atoms with Crippen molar-refractivity contribution in [3.05, 3.63) is 112 Å². The van der Waals surface area contributed by atoms with Gasteiger partial charge < -0.3 is 14.8 Å².